The third kappa shape index (κ3) is 1.65. The number of aliphatic hydroxyl groups excluding tert-OH is 1. The molecule has 0 aliphatic heterocycles. The van der Waals surface area contributed by atoms with Crippen molar-refractivity contribution < 1.29 is 5.11 Å². The number of aliphatic hydroxyl groups is 1. The highest BCUT2D eigenvalue weighted by Gasteiger charge is 2.02. The normalized spacial score (nSPS) is 12.7. The van der Waals surface area contributed by atoms with Crippen LogP contribution >= 0.6 is 0 Å². The molecule has 14 heavy (non-hydrogen) atoms. The van der Waals surface area contributed by atoms with Crippen molar-refractivity contribution in [3.8, 4) is 5.82 Å². The van der Waals surface area contributed by atoms with Gasteiger partial charge in [0.1, 0.15) is 0 Å². The molecule has 0 amide bonds. The van der Waals surface area contributed by atoms with Crippen molar-refractivity contribution in [1.82, 2.24) is 14.8 Å². The number of pyridine rings is 1. The van der Waals surface area contributed by atoms with Gasteiger partial charge < -0.3 is 5.11 Å². The van der Waals surface area contributed by atoms with Gasteiger partial charge in [-0.3, -0.25) is 0 Å². The van der Waals surface area contributed by atoms with E-state index in [0.29, 0.717) is 0 Å². The van der Waals surface area contributed by atoms with Gasteiger partial charge in [0.25, 0.3) is 0 Å². The van der Waals surface area contributed by atoms with Crippen molar-refractivity contribution in [3.05, 3.63) is 42.4 Å². The van der Waals surface area contributed by atoms with E-state index in [1.807, 2.05) is 24.4 Å². The van der Waals surface area contributed by atoms with Gasteiger partial charge in [-0.25, -0.2) is 9.67 Å². The standard InChI is InChI=1S/C10H11N3O/c1-8(14)9-3-4-10(11-7-9)13-6-2-5-12-13/h2-8,14H,1H3/t8-/m1/s1. The van der Waals surface area contributed by atoms with Gasteiger partial charge in [0.05, 0.1) is 6.10 Å². The summed E-state index contributed by atoms with van der Waals surface area (Å²) in [4.78, 5) is 4.18. The molecular formula is C10H11N3O. The minimum Gasteiger partial charge on any atom is -0.389 e. The van der Waals surface area contributed by atoms with Crippen LogP contribution in [0.25, 0.3) is 5.82 Å². The van der Waals surface area contributed by atoms with Crippen molar-refractivity contribution in [2.75, 3.05) is 0 Å². The third-order valence-electron chi connectivity index (χ3n) is 1.99. The van der Waals surface area contributed by atoms with Crippen LogP contribution in [0.4, 0.5) is 0 Å². The summed E-state index contributed by atoms with van der Waals surface area (Å²) < 4.78 is 1.67. The topological polar surface area (TPSA) is 50.9 Å². The van der Waals surface area contributed by atoms with Crippen molar-refractivity contribution in [1.29, 1.82) is 0 Å². The smallest absolute Gasteiger partial charge is 0.153 e. The number of nitrogens with zero attached hydrogens (tertiary/aromatic N) is 3. The molecule has 0 aliphatic carbocycles. The van der Waals surface area contributed by atoms with Crippen LogP contribution in [0.15, 0.2) is 36.8 Å². The van der Waals surface area contributed by atoms with Gasteiger partial charge >= 0.3 is 0 Å². The lowest BCUT2D eigenvalue weighted by Gasteiger charge is -2.04. The van der Waals surface area contributed by atoms with E-state index in [2.05, 4.69) is 10.1 Å². The first-order chi connectivity index (χ1) is 6.77. The maximum absolute atomic E-state index is 9.28. The zero-order chi connectivity index (χ0) is 9.97. The van der Waals surface area contributed by atoms with Crippen LogP contribution in [0.5, 0.6) is 0 Å². The van der Waals surface area contributed by atoms with Crippen molar-refractivity contribution in [2.24, 2.45) is 0 Å². The molecule has 2 aromatic heterocycles. The molecular weight excluding hydrogens is 178 g/mol. The predicted molar refractivity (Wildman–Crippen MR) is 52.0 cm³/mol. The molecule has 0 radical (unpaired) electrons. The fraction of sp³-hybridized carbons (Fsp3) is 0.200. The predicted octanol–water partition coefficient (Wildman–Crippen LogP) is 1.32. The number of aromatic nitrogens is 3. The summed E-state index contributed by atoms with van der Waals surface area (Å²) in [7, 11) is 0. The number of rotatable bonds is 2. The van der Waals surface area contributed by atoms with Gasteiger partial charge in [-0.05, 0) is 24.6 Å². The Balaban J connectivity index is 2.31. The summed E-state index contributed by atoms with van der Waals surface area (Å²) >= 11 is 0. The molecule has 0 aromatic carbocycles. The van der Waals surface area contributed by atoms with Crippen LogP contribution in [0.3, 0.4) is 0 Å². The summed E-state index contributed by atoms with van der Waals surface area (Å²) in [5.41, 5.74) is 0.806. The highest BCUT2D eigenvalue weighted by Crippen LogP contribution is 2.11. The minimum atomic E-state index is -0.478. The molecule has 0 aliphatic rings. The van der Waals surface area contributed by atoms with E-state index in [1.54, 1.807) is 24.0 Å². The van der Waals surface area contributed by atoms with E-state index in [0.717, 1.165) is 11.4 Å². The van der Waals surface area contributed by atoms with E-state index >= 15 is 0 Å². The van der Waals surface area contributed by atoms with Gasteiger partial charge in [0.15, 0.2) is 5.82 Å². The Labute approximate surface area is 81.8 Å². The molecule has 0 unspecified atom stereocenters. The molecule has 4 nitrogen and oxygen atoms in total. The summed E-state index contributed by atoms with van der Waals surface area (Å²) in [6.45, 7) is 1.71. The lowest BCUT2D eigenvalue weighted by molar-refractivity contribution is 0.199. The summed E-state index contributed by atoms with van der Waals surface area (Å²) in [6.07, 6.45) is 4.70. The minimum absolute atomic E-state index is 0.478. The first-order valence-corrected chi connectivity index (χ1v) is 4.41. The number of hydrogen-bond acceptors (Lipinski definition) is 3. The third-order valence-corrected chi connectivity index (χ3v) is 1.99. The summed E-state index contributed by atoms with van der Waals surface area (Å²) in [6, 6.07) is 5.51. The average Bonchev–Trinajstić information content (AvgIpc) is 2.71. The molecule has 1 atom stereocenters. The molecule has 1 N–H and O–H groups in total. The van der Waals surface area contributed by atoms with Crippen LogP contribution in [0, 0.1) is 0 Å². The lowest BCUT2D eigenvalue weighted by atomic mass is 10.2. The molecule has 0 spiro atoms. The molecule has 2 rings (SSSR count). The Morgan fingerprint density at radius 1 is 1.43 bits per heavy atom. The second-order valence-corrected chi connectivity index (χ2v) is 3.08. The van der Waals surface area contributed by atoms with Crippen LogP contribution in [-0.4, -0.2) is 19.9 Å². The van der Waals surface area contributed by atoms with Gasteiger partial charge in [0.2, 0.25) is 0 Å². The second kappa shape index (κ2) is 3.59. The van der Waals surface area contributed by atoms with Crippen LogP contribution in [-0.2, 0) is 0 Å². The Kier molecular flexibility index (Phi) is 2.28. The fourth-order valence-corrected chi connectivity index (χ4v) is 1.18. The molecule has 0 saturated heterocycles. The highest BCUT2D eigenvalue weighted by atomic mass is 16.3. The lowest BCUT2D eigenvalue weighted by Crippen LogP contribution is -1.99. The molecule has 0 fully saturated rings. The van der Waals surface area contributed by atoms with Crippen molar-refractivity contribution >= 4 is 0 Å². The Bertz CT molecular complexity index is 392. The van der Waals surface area contributed by atoms with E-state index in [4.69, 9.17) is 0 Å². The number of hydrogen-bond donors (Lipinski definition) is 1. The SMILES string of the molecule is C[C@@H](O)c1ccc(-n2cccn2)nc1. The fourth-order valence-electron chi connectivity index (χ4n) is 1.18. The molecule has 0 bridgehead atoms. The van der Waals surface area contributed by atoms with Gasteiger partial charge in [-0.2, -0.15) is 5.10 Å². The Morgan fingerprint density at radius 2 is 2.29 bits per heavy atom. The van der Waals surface area contributed by atoms with Gasteiger partial charge in [-0.1, -0.05) is 6.07 Å². The molecule has 2 heterocycles. The first kappa shape index (κ1) is 8.90. The van der Waals surface area contributed by atoms with E-state index in [9.17, 15) is 5.11 Å². The average molecular weight is 189 g/mol. The van der Waals surface area contributed by atoms with Crippen LogP contribution < -0.4 is 0 Å². The molecule has 4 heteroatoms. The molecule has 0 saturated carbocycles. The zero-order valence-electron chi connectivity index (χ0n) is 7.83. The van der Waals surface area contributed by atoms with Crippen molar-refractivity contribution in [2.45, 2.75) is 13.0 Å². The van der Waals surface area contributed by atoms with Gasteiger partial charge in [-0.15, -0.1) is 0 Å². The maximum atomic E-state index is 9.28. The van der Waals surface area contributed by atoms with E-state index < -0.39 is 6.10 Å². The maximum Gasteiger partial charge on any atom is 0.153 e. The monoisotopic (exact) mass is 189 g/mol. The van der Waals surface area contributed by atoms with Crippen LogP contribution in [0.2, 0.25) is 0 Å². The van der Waals surface area contributed by atoms with Crippen LogP contribution in [0.1, 0.15) is 18.6 Å². The zero-order valence-corrected chi connectivity index (χ0v) is 7.83. The summed E-state index contributed by atoms with van der Waals surface area (Å²) in [5.74, 6) is 0.749. The Morgan fingerprint density at radius 3 is 2.79 bits per heavy atom. The molecule has 72 valence electrons. The van der Waals surface area contributed by atoms with Gasteiger partial charge in [0, 0.05) is 18.6 Å². The largest absolute Gasteiger partial charge is 0.389 e. The Hall–Kier alpha value is -1.68. The second-order valence-electron chi connectivity index (χ2n) is 3.08. The summed E-state index contributed by atoms with van der Waals surface area (Å²) in [5, 5.41) is 13.3. The first-order valence-electron chi connectivity index (χ1n) is 4.41. The highest BCUT2D eigenvalue weighted by molar-refractivity contribution is 5.25. The quantitative estimate of drug-likeness (QED) is 0.775. The van der Waals surface area contributed by atoms with E-state index in [1.165, 1.54) is 0 Å². The van der Waals surface area contributed by atoms with E-state index in [-0.39, 0.29) is 0 Å². The molecule has 2 aromatic rings. The van der Waals surface area contributed by atoms with Crippen molar-refractivity contribution in [3.63, 3.8) is 0 Å².